The van der Waals surface area contributed by atoms with Gasteiger partial charge >= 0.3 is 0 Å². The largest absolute Gasteiger partial charge is 0.269 e. The van der Waals surface area contributed by atoms with Crippen molar-refractivity contribution in [2.75, 3.05) is 0 Å². The first-order valence-electron chi connectivity index (χ1n) is 4.30. The van der Waals surface area contributed by atoms with E-state index in [0.29, 0.717) is 0 Å². The Morgan fingerprint density at radius 1 is 1.38 bits per heavy atom. The molecule has 0 N–H and O–H groups in total. The maximum atomic E-state index is 12.6. The number of allylic oxidation sites excluding steroid dienone is 5. The Bertz CT molecular complexity index is 229. The van der Waals surface area contributed by atoms with Crippen molar-refractivity contribution in [3.63, 3.8) is 0 Å². The molecule has 0 atom stereocenters. The van der Waals surface area contributed by atoms with Crippen LogP contribution < -0.4 is 0 Å². The first kappa shape index (κ1) is 12.1. The molecule has 0 amide bonds. The van der Waals surface area contributed by atoms with Crippen LogP contribution >= 0.6 is 0 Å². The van der Waals surface area contributed by atoms with Crippen molar-refractivity contribution < 1.29 is 8.78 Å². The quantitative estimate of drug-likeness (QED) is 0.579. The summed E-state index contributed by atoms with van der Waals surface area (Å²) in [6.45, 7) is 8.02. The number of hydrogen-bond donors (Lipinski definition) is 0. The minimum atomic E-state index is -2.82. The summed E-state index contributed by atoms with van der Waals surface area (Å²) < 4.78 is 25.2. The molecule has 0 aliphatic carbocycles. The van der Waals surface area contributed by atoms with Crippen LogP contribution in [0.25, 0.3) is 0 Å². The van der Waals surface area contributed by atoms with Crippen molar-refractivity contribution in [1.29, 1.82) is 0 Å². The number of alkyl halides is 2. The van der Waals surface area contributed by atoms with Crippen molar-refractivity contribution in [2.24, 2.45) is 0 Å². The van der Waals surface area contributed by atoms with Crippen molar-refractivity contribution in [1.82, 2.24) is 0 Å². The fourth-order valence-electron chi connectivity index (χ4n) is 0.768. The molecule has 0 saturated carbocycles. The van der Waals surface area contributed by atoms with Crippen LogP contribution in [-0.4, -0.2) is 5.92 Å². The Hall–Kier alpha value is -0.920. The van der Waals surface area contributed by atoms with Crippen LogP contribution in [0, 0.1) is 0 Å². The average Bonchev–Trinajstić information content (AvgIpc) is 1.99. The lowest BCUT2D eigenvalue weighted by atomic mass is 10.1. The van der Waals surface area contributed by atoms with Gasteiger partial charge in [0.05, 0.1) is 0 Å². The zero-order valence-corrected chi connectivity index (χ0v) is 8.40. The van der Waals surface area contributed by atoms with Gasteiger partial charge in [-0.3, -0.25) is 0 Å². The molecule has 0 aromatic carbocycles. The van der Waals surface area contributed by atoms with Crippen LogP contribution in [0.5, 0.6) is 0 Å². The zero-order valence-electron chi connectivity index (χ0n) is 8.40. The molecule has 2 heteroatoms. The summed E-state index contributed by atoms with van der Waals surface area (Å²) in [5.41, 5.74) is 0.823. The highest BCUT2D eigenvalue weighted by atomic mass is 19.3. The highest BCUT2D eigenvalue weighted by Crippen LogP contribution is 2.22. The minimum Gasteiger partial charge on any atom is -0.202 e. The third-order valence-electron chi connectivity index (χ3n) is 1.64. The van der Waals surface area contributed by atoms with Crippen LogP contribution in [0.15, 0.2) is 36.0 Å². The summed E-state index contributed by atoms with van der Waals surface area (Å²) in [5, 5.41) is 0. The first-order valence-corrected chi connectivity index (χ1v) is 4.30. The summed E-state index contributed by atoms with van der Waals surface area (Å²) >= 11 is 0. The van der Waals surface area contributed by atoms with E-state index in [1.165, 1.54) is 6.08 Å². The molecule has 0 aliphatic heterocycles. The van der Waals surface area contributed by atoms with Gasteiger partial charge in [0, 0.05) is 12.5 Å². The summed E-state index contributed by atoms with van der Waals surface area (Å²) in [4.78, 5) is 0. The van der Waals surface area contributed by atoms with E-state index in [9.17, 15) is 8.78 Å². The lowest BCUT2D eigenvalue weighted by Crippen LogP contribution is -2.10. The summed E-state index contributed by atoms with van der Waals surface area (Å²) in [7, 11) is 0. The van der Waals surface area contributed by atoms with Crippen molar-refractivity contribution in [3.05, 3.63) is 36.0 Å². The van der Waals surface area contributed by atoms with Gasteiger partial charge in [0.25, 0.3) is 5.92 Å². The van der Waals surface area contributed by atoms with Gasteiger partial charge in [-0.25, -0.2) is 8.78 Å². The maximum Gasteiger partial charge on any atom is 0.269 e. The second kappa shape index (κ2) is 4.95. The summed E-state index contributed by atoms with van der Waals surface area (Å²) in [6, 6.07) is 0. The van der Waals surface area contributed by atoms with Gasteiger partial charge < -0.3 is 0 Å². The molecule has 0 radical (unpaired) electrons. The molecule has 0 heterocycles. The lowest BCUT2D eigenvalue weighted by molar-refractivity contribution is 0.0680. The van der Waals surface area contributed by atoms with Crippen LogP contribution in [0.1, 0.15) is 27.2 Å². The molecule has 74 valence electrons. The summed E-state index contributed by atoms with van der Waals surface area (Å²) in [6.07, 6.45) is 5.90. The van der Waals surface area contributed by atoms with E-state index in [2.05, 4.69) is 6.58 Å². The second-order valence-corrected chi connectivity index (χ2v) is 3.10. The minimum absolute atomic E-state index is 0.156. The molecule has 0 unspecified atom stereocenters. The molecule has 0 spiro atoms. The Morgan fingerprint density at radius 2 is 1.92 bits per heavy atom. The van der Waals surface area contributed by atoms with Crippen molar-refractivity contribution in [3.8, 4) is 0 Å². The Kier molecular flexibility index (Phi) is 4.60. The van der Waals surface area contributed by atoms with E-state index in [1.807, 2.05) is 19.9 Å². The Labute approximate surface area is 78.7 Å². The number of rotatable bonds is 4. The highest BCUT2D eigenvalue weighted by Gasteiger charge is 2.22. The molecule has 0 fully saturated rings. The van der Waals surface area contributed by atoms with E-state index in [4.69, 9.17) is 0 Å². The Balaban J connectivity index is 4.30. The van der Waals surface area contributed by atoms with Gasteiger partial charge in [-0.05, 0) is 13.3 Å². The maximum absolute atomic E-state index is 12.6. The van der Waals surface area contributed by atoms with Gasteiger partial charge in [0.1, 0.15) is 0 Å². The van der Waals surface area contributed by atoms with Crippen molar-refractivity contribution >= 4 is 0 Å². The van der Waals surface area contributed by atoms with Crippen LogP contribution in [0.3, 0.4) is 0 Å². The van der Waals surface area contributed by atoms with Crippen LogP contribution in [0.4, 0.5) is 8.78 Å². The van der Waals surface area contributed by atoms with E-state index in [0.717, 1.165) is 18.9 Å². The lowest BCUT2D eigenvalue weighted by Gasteiger charge is -2.08. The van der Waals surface area contributed by atoms with Crippen LogP contribution in [0.2, 0.25) is 0 Å². The molecule has 0 nitrogen and oxygen atoms in total. The molecule has 0 aliphatic rings. The van der Waals surface area contributed by atoms with Gasteiger partial charge in [-0.15, -0.1) is 0 Å². The van der Waals surface area contributed by atoms with E-state index < -0.39 is 5.92 Å². The monoisotopic (exact) mass is 186 g/mol. The topological polar surface area (TPSA) is 0 Å². The van der Waals surface area contributed by atoms with E-state index >= 15 is 0 Å². The SMILES string of the molecule is C=C(/C=C\C(C)=C/CC)C(C)(F)F. The third-order valence-corrected chi connectivity index (χ3v) is 1.64. The second-order valence-electron chi connectivity index (χ2n) is 3.10. The van der Waals surface area contributed by atoms with Crippen molar-refractivity contribution in [2.45, 2.75) is 33.1 Å². The molecule has 0 rings (SSSR count). The molecule has 0 aromatic rings. The Morgan fingerprint density at radius 3 is 2.31 bits per heavy atom. The third kappa shape index (κ3) is 5.34. The fourth-order valence-corrected chi connectivity index (χ4v) is 0.768. The summed E-state index contributed by atoms with van der Waals surface area (Å²) in [5.74, 6) is -2.82. The smallest absolute Gasteiger partial charge is 0.202 e. The fraction of sp³-hybridized carbons (Fsp3) is 0.455. The van der Waals surface area contributed by atoms with Gasteiger partial charge in [-0.1, -0.05) is 37.3 Å². The predicted octanol–water partition coefficient (Wildman–Crippen LogP) is 4.11. The highest BCUT2D eigenvalue weighted by molar-refractivity contribution is 5.28. The number of halogens is 2. The molecule has 0 bridgehead atoms. The van der Waals surface area contributed by atoms with Gasteiger partial charge in [0.2, 0.25) is 0 Å². The average molecular weight is 186 g/mol. The zero-order chi connectivity index (χ0) is 10.5. The van der Waals surface area contributed by atoms with Gasteiger partial charge in [-0.2, -0.15) is 0 Å². The van der Waals surface area contributed by atoms with E-state index in [-0.39, 0.29) is 5.57 Å². The normalized spacial score (nSPS) is 13.8. The molecular weight excluding hydrogens is 170 g/mol. The molecule has 0 aromatic heterocycles. The predicted molar refractivity (Wildman–Crippen MR) is 52.9 cm³/mol. The standard InChI is InChI=1S/C11H16F2/c1-5-6-9(2)7-8-10(3)11(4,12)13/h6-8H,3,5H2,1-2,4H3/b8-7-,9-6-. The molecule has 13 heavy (non-hydrogen) atoms. The van der Waals surface area contributed by atoms with Gasteiger partial charge in [0.15, 0.2) is 0 Å². The number of hydrogen-bond acceptors (Lipinski definition) is 0. The van der Waals surface area contributed by atoms with Crippen LogP contribution in [-0.2, 0) is 0 Å². The molecular formula is C11H16F2. The first-order chi connectivity index (χ1) is 5.88. The van der Waals surface area contributed by atoms with E-state index in [1.54, 1.807) is 6.08 Å². The molecule has 0 saturated heterocycles.